The fourth-order valence-corrected chi connectivity index (χ4v) is 1.77. The first-order chi connectivity index (χ1) is 9.31. The van der Waals surface area contributed by atoms with E-state index < -0.39 is 0 Å². The van der Waals surface area contributed by atoms with Gasteiger partial charge in [0.05, 0.1) is 0 Å². The zero-order chi connectivity index (χ0) is 13.1. The summed E-state index contributed by atoms with van der Waals surface area (Å²) >= 11 is 0. The third kappa shape index (κ3) is 2.59. The van der Waals surface area contributed by atoms with Crippen molar-refractivity contribution in [2.24, 2.45) is 0 Å². The van der Waals surface area contributed by atoms with Gasteiger partial charge < -0.3 is 10.3 Å². The minimum absolute atomic E-state index is 0.417. The summed E-state index contributed by atoms with van der Waals surface area (Å²) in [6, 6.07) is 7.74. The molecule has 0 amide bonds. The summed E-state index contributed by atoms with van der Waals surface area (Å²) in [4.78, 5) is 8.21. The van der Waals surface area contributed by atoms with E-state index in [0.29, 0.717) is 24.0 Å². The maximum absolute atomic E-state index is 5.73. The van der Waals surface area contributed by atoms with Crippen LogP contribution >= 0.6 is 0 Å². The molecule has 0 aliphatic carbocycles. The Morgan fingerprint density at radius 3 is 3.00 bits per heavy atom. The molecule has 0 aliphatic rings. The van der Waals surface area contributed by atoms with Crippen molar-refractivity contribution in [3.05, 3.63) is 42.0 Å². The van der Waals surface area contributed by atoms with Crippen molar-refractivity contribution in [3.8, 4) is 11.6 Å². The lowest BCUT2D eigenvalue weighted by molar-refractivity contribution is 0.378. The van der Waals surface area contributed by atoms with Crippen LogP contribution in [-0.4, -0.2) is 25.3 Å². The lowest BCUT2D eigenvalue weighted by atomic mass is 10.1. The molecule has 0 fully saturated rings. The van der Waals surface area contributed by atoms with Gasteiger partial charge in [-0.15, -0.1) is 0 Å². The molecule has 0 saturated heterocycles. The van der Waals surface area contributed by atoms with Crippen molar-refractivity contribution in [3.63, 3.8) is 0 Å². The molecule has 3 N–H and O–H groups in total. The normalized spacial score (nSPS) is 10.7. The van der Waals surface area contributed by atoms with Crippen molar-refractivity contribution < 1.29 is 4.52 Å². The molecule has 1 aromatic carbocycles. The van der Waals surface area contributed by atoms with Crippen LogP contribution in [0.2, 0.25) is 0 Å². The highest BCUT2D eigenvalue weighted by Crippen LogP contribution is 2.12. The van der Waals surface area contributed by atoms with E-state index in [-0.39, 0.29) is 0 Å². The number of hydrogen-bond donors (Lipinski definition) is 2. The van der Waals surface area contributed by atoms with Crippen LogP contribution < -0.4 is 5.73 Å². The number of anilines is 1. The number of aryl methyl sites for hydroxylation is 2. The smallest absolute Gasteiger partial charge is 0.239 e. The Labute approximate surface area is 108 Å². The van der Waals surface area contributed by atoms with Crippen molar-refractivity contribution in [1.29, 1.82) is 0 Å². The van der Waals surface area contributed by atoms with Gasteiger partial charge in [-0.3, -0.25) is 5.10 Å². The van der Waals surface area contributed by atoms with Crippen molar-refractivity contribution in [1.82, 2.24) is 25.3 Å². The Kier molecular flexibility index (Phi) is 2.93. The zero-order valence-electron chi connectivity index (χ0n) is 10.1. The minimum Gasteiger partial charge on any atom is -0.399 e. The molecule has 3 aromatic rings. The van der Waals surface area contributed by atoms with E-state index in [2.05, 4.69) is 25.3 Å². The summed E-state index contributed by atoms with van der Waals surface area (Å²) in [5.41, 5.74) is 7.62. The highest BCUT2D eigenvalue weighted by Gasteiger charge is 2.10. The van der Waals surface area contributed by atoms with Crippen molar-refractivity contribution in [2.75, 3.05) is 5.73 Å². The number of nitrogens with two attached hydrogens (primary N) is 1. The van der Waals surface area contributed by atoms with Crippen LogP contribution in [0.3, 0.4) is 0 Å². The average Bonchev–Trinajstić information content (AvgIpc) is 3.07. The van der Waals surface area contributed by atoms with E-state index in [4.69, 9.17) is 10.3 Å². The van der Waals surface area contributed by atoms with Crippen LogP contribution in [0, 0.1) is 0 Å². The van der Waals surface area contributed by atoms with Crippen LogP contribution in [-0.2, 0) is 12.8 Å². The number of benzene rings is 1. The summed E-state index contributed by atoms with van der Waals surface area (Å²) in [6.07, 6.45) is 2.85. The molecule has 0 spiro atoms. The molecule has 19 heavy (non-hydrogen) atoms. The molecular weight excluding hydrogens is 244 g/mol. The quantitative estimate of drug-likeness (QED) is 0.680. The van der Waals surface area contributed by atoms with E-state index in [0.717, 1.165) is 17.7 Å². The molecule has 0 aliphatic heterocycles. The average molecular weight is 256 g/mol. The van der Waals surface area contributed by atoms with Crippen LogP contribution in [0.15, 0.2) is 35.1 Å². The highest BCUT2D eigenvalue weighted by molar-refractivity contribution is 5.41. The van der Waals surface area contributed by atoms with Gasteiger partial charge in [-0.1, -0.05) is 17.3 Å². The molecule has 0 bridgehead atoms. The molecule has 7 nitrogen and oxygen atoms in total. The fraction of sp³-hybridized carbons (Fsp3) is 0.167. The standard InChI is InChI=1S/C12H12N6O/c13-9-3-1-2-8(6-9)4-5-10-16-12(18-19-10)11-14-7-15-17-11/h1-3,6-7H,4-5,13H2,(H,14,15,17). The Morgan fingerprint density at radius 1 is 1.26 bits per heavy atom. The molecule has 0 saturated carbocycles. The largest absolute Gasteiger partial charge is 0.399 e. The summed E-state index contributed by atoms with van der Waals surface area (Å²) in [7, 11) is 0. The highest BCUT2D eigenvalue weighted by atomic mass is 16.5. The summed E-state index contributed by atoms with van der Waals surface area (Å²) < 4.78 is 5.16. The Morgan fingerprint density at radius 2 is 2.21 bits per heavy atom. The van der Waals surface area contributed by atoms with Gasteiger partial charge in [0.2, 0.25) is 11.7 Å². The SMILES string of the molecule is Nc1cccc(CCc2nc(-c3ncn[nH]3)no2)c1. The van der Waals surface area contributed by atoms with Crippen LogP contribution in [0.5, 0.6) is 0 Å². The molecule has 0 radical (unpaired) electrons. The first kappa shape index (κ1) is 11.4. The van der Waals surface area contributed by atoms with Gasteiger partial charge in [-0.05, 0) is 24.1 Å². The predicted octanol–water partition coefficient (Wildman–Crippen LogP) is 1.22. The van der Waals surface area contributed by atoms with Crippen LogP contribution in [0.4, 0.5) is 5.69 Å². The van der Waals surface area contributed by atoms with Crippen molar-refractivity contribution in [2.45, 2.75) is 12.8 Å². The number of rotatable bonds is 4. The van der Waals surface area contributed by atoms with Gasteiger partial charge in [-0.2, -0.15) is 10.1 Å². The number of aromatic amines is 1. The van der Waals surface area contributed by atoms with Gasteiger partial charge in [0.1, 0.15) is 6.33 Å². The number of aromatic nitrogens is 5. The molecule has 7 heteroatoms. The lowest BCUT2D eigenvalue weighted by Crippen LogP contribution is -1.93. The second-order valence-corrected chi connectivity index (χ2v) is 4.09. The second-order valence-electron chi connectivity index (χ2n) is 4.09. The van der Waals surface area contributed by atoms with E-state index in [9.17, 15) is 0 Å². The number of nitrogens with one attached hydrogen (secondary N) is 1. The molecule has 0 atom stereocenters. The lowest BCUT2D eigenvalue weighted by Gasteiger charge is -1.99. The fourth-order valence-electron chi connectivity index (χ4n) is 1.77. The maximum atomic E-state index is 5.73. The Hall–Kier alpha value is -2.70. The molecule has 2 heterocycles. The molecule has 0 unspecified atom stereocenters. The molecule has 96 valence electrons. The monoisotopic (exact) mass is 256 g/mol. The molecular formula is C12H12N6O. The number of hydrogen-bond acceptors (Lipinski definition) is 6. The third-order valence-electron chi connectivity index (χ3n) is 2.67. The first-order valence-electron chi connectivity index (χ1n) is 5.84. The number of H-pyrrole nitrogens is 1. The molecule has 2 aromatic heterocycles. The first-order valence-corrected chi connectivity index (χ1v) is 5.84. The topological polar surface area (TPSA) is 107 Å². The van der Waals surface area contributed by atoms with Crippen LogP contribution in [0.1, 0.15) is 11.5 Å². The number of nitrogen functional groups attached to an aromatic ring is 1. The van der Waals surface area contributed by atoms with Gasteiger partial charge in [0, 0.05) is 12.1 Å². The molecule has 3 rings (SSSR count). The van der Waals surface area contributed by atoms with Gasteiger partial charge in [-0.25, -0.2) is 4.98 Å². The van der Waals surface area contributed by atoms with E-state index >= 15 is 0 Å². The maximum Gasteiger partial charge on any atom is 0.239 e. The predicted molar refractivity (Wildman–Crippen MR) is 67.9 cm³/mol. The summed E-state index contributed by atoms with van der Waals surface area (Å²) in [6.45, 7) is 0. The number of nitrogens with zero attached hydrogens (tertiary/aromatic N) is 4. The summed E-state index contributed by atoms with van der Waals surface area (Å²) in [5.74, 6) is 1.48. The van der Waals surface area contributed by atoms with Gasteiger partial charge >= 0.3 is 0 Å². The van der Waals surface area contributed by atoms with E-state index in [1.54, 1.807) is 0 Å². The van der Waals surface area contributed by atoms with E-state index in [1.165, 1.54) is 6.33 Å². The second kappa shape index (κ2) is 4.89. The van der Waals surface area contributed by atoms with E-state index in [1.807, 2.05) is 24.3 Å². The third-order valence-corrected chi connectivity index (χ3v) is 2.67. The summed E-state index contributed by atoms with van der Waals surface area (Å²) in [5, 5.41) is 10.3. The Balaban J connectivity index is 1.68. The van der Waals surface area contributed by atoms with Crippen molar-refractivity contribution >= 4 is 5.69 Å². The Bertz CT molecular complexity index is 660. The zero-order valence-corrected chi connectivity index (χ0v) is 10.1. The van der Waals surface area contributed by atoms with Crippen LogP contribution in [0.25, 0.3) is 11.6 Å². The van der Waals surface area contributed by atoms with Gasteiger partial charge in [0.15, 0.2) is 5.82 Å². The minimum atomic E-state index is 0.417. The van der Waals surface area contributed by atoms with Gasteiger partial charge in [0.25, 0.3) is 0 Å².